The second-order valence-electron chi connectivity index (χ2n) is 7.79. The van der Waals surface area contributed by atoms with Crippen molar-refractivity contribution < 1.29 is 19.4 Å². The number of hydrogen-bond acceptors (Lipinski definition) is 4. The first-order valence-corrected chi connectivity index (χ1v) is 7.89. The number of aliphatic carboxylic acids is 1. The van der Waals surface area contributed by atoms with E-state index >= 15 is 0 Å². The molecule has 1 saturated heterocycles. The first-order valence-electron chi connectivity index (χ1n) is 7.89. The summed E-state index contributed by atoms with van der Waals surface area (Å²) in [6.07, 6.45) is -0.371. The standard InChI is InChI=1S/C16H30N2O4/c1-11(2)12(3)8-17-16(7-13(19)20)9-18(10-16)14(21)22-15(4,5)6/h11-12,17H,7-10H2,1-6H3,(H,19,20). The van der Waals surface area contributed by atoms with Gasteiger partial charge in [-0.2, -0.15) is 0 Å². The third-order valence-corrected chi connectivity index (χ3v) is 4.07. The molecule has 1 aliphatic heterocycles. The predicted octanol–water partition coefficient (Wildman–Crippen LogP) is 2.33. The number of ether oxygens (including phenoxy) is 1. The number of hydrogen-bond donors (Lipinski definition) is 2. The Bertz CT molecular complexity index is 409. The summed E-state index contributed by atoms with van der Waals surface area (Å²) < 4.78 is 5.32. The summed E-state index contributed by atoms with van der Waals surface area (Å²) in [6.45, 7) is 13.4. The van der Waals surface area contributed by atoms with Gasteiger partial charge in [0.15, 0.2) is 0 Å². The molecule has 1 fully saturated rings. The fourth-order valence-electron chi connectivity index (χ4n) is 2.33. The van der Waals surface area contributed by atoms with Crippen molar-refractivity contribution in [2.45, 2.75) is 59.1 Å². The molecule has 1 amide bonds. The van der Waals surface area contributed by atoms with Crippen LogP contribution < -0.4 is 5.32 Å². The molecule has 0 bridgehead atoms. The van der Waals surface area contributed by atoms with E-state index in [0.717, 1.165) is 6.54 Å². The van der Waals surface area contributed by atoms with Crippen molar-refractivity contribution in [3.63, 3.8) is 0 Å². The lowest BCUT2D eigenvalue weighted by molar-refractivity contribution is -0.141. The van der Waals surface area contributed by atoms with Crippen molar-refractivity contribution in [3.05, 3.63) is 0 Å². The monoisotopic (exact) mass is 314 g/mol. The first kappa shape index (κ1) is 18.7. The van der Waals surface area contributed by atoms with Gasteiger partial charge in [-0.05, 0) is 39.2 Å². The van der Waals surface area contributed by atoms with Crippen LogP contribution in [0, 0.1) is 11.8 Å². The second-order valence-corrected chi connectivity index (χ2v) is 7.79. The zero-order valence-electron chi connectivity index (χ0n) is 14.6. The fourth-order valence-corrected chi connectivity index (χ4v) is 2.33. The van der Waals surface area contributed by atoms with Gasteiger partial charge >= 0.3 is 12.1 Å². The predicted molar refractivity (Wildman–Crippen MR) is 84.8 cm³/mol. The van der Waals surface area contributed by atoms with Gasteiger partial charge in [-0.1, -0.05) is 20.8 Å². The van der Waals surface area contributed by atoms with E-state index in [4.69, 9.17) is 9.84 Å². The minimum Gasteiger partial charge on any atom is -0.481 e. The van der Waals surface area contributed by atoms with Gasteiger partial charge in [0.05, 0.1) is 12.0 Å². The third-order valence-electron chi connectivity index (χ3n) is 4.07. The normalized spacial score (nSPS) is 18.8. The lowest BCUT2D eigenvalue weighted by Crippen LogP contribution is -2.71. The summed E-state index contributed by atoms with van der Waals surface area (Å²) in [5, 5.41) is 12.5. The number of carboxylic acid groups (broad SMARTS) is 1. The molecular weight excluding hydrogens is 284 g/mol. The van der Waals surface area contributed by atoms with Crippen LogP contribution in [-0.4, -0.2) is 52.8 Å². The van der Waals surface area contributed by atoms with Crippen LogP contribution in [0.25, 0.3) is 0 Å². The van der Waals surface area contributed by atoms with Crippen LogP contribution >= 0.6 is 0 Å². The average Bonchev–Trinajstić information content (AvgIpc) is 2.27. The van der Waals surface area contributed by atoms with E-state index in [1.54, 1.807) is 4.90 Å². The van der Waals surface area contributed by atoms with Crippen LogP contribution in [-0.2, 0) is 9.53 Å². The molecule has 0 aromatic carbocycles. The molecule has 1 heterocycles. The highest BCUT2D eigenvalue weighted by Gasteiger charge is 2.47. The number of carbonyl (C=O) groups is 2. The molecule has 0 aromatic rings. The van der Waals surface area contributed by atoms with E-state index in [-0.39, 0.29) is 12.5 Å². The van der Waals surface area contributed by atoms with E-state index < -0.39 is 17.1 Å². The van der Waals surface area contributed by atoms with Gasteiger partial charge in [-0.25, -0.2) is 4.79 Å². The quantitative estimate of drug-likeness (QED) is 0.786. The van der Waals surface area contributed by atoms with Crippen molar-refractivity contribution in [1.82, 2.24) is 10.2 Å². The Hall–Kier alpha value is -1.30. The Labute approximate surface area is 133 Å². The zero-order valence-corrected chi connectivity index (χ0v) is 14.6. The Morgan fingerprint density at radius 2 is 1.82 bits per heavy atom. The van der Waals surface area contributed by atoms with Gasteiger partial charge in [0.1, 0.15) is 5.60 Å². The van der Waals surface area contributed by atoms with Gasteiger partial charge in [-0.15, -0.1) is 0 Å². The summed E-state index contributed by atoms with van der Waals surface area (Å²) in [6, 6.07) is 0. The molecule has 1 aliphatic rings. The van der Waals surface area contributed by atoms with Crippen LogP contribution in [0.2, 0.25) is 0 Å². The van der Waals surface area contributed by atoms with Crippen LogP contribution in [0.3, 0.4) is 0 Å². The highest BCUT2D eigenvalue weighted by Crippen LogP contribution is 2.27. The average molecular weight is 314 g/mol. The smallest absolute Gasteiger partial charge is 0.410 e. The molecule has 1 unspecified atom stereocenters. The topological polar surface area (TPSA) is 78.9 Å². The number of amides is 1. The summed E-state index contributed by atoms with van der Waals surface area (Å²) in [5.41, 5.74) is -1.08. The molecular formula is C16H30N2O4. The number of carboxylic acids is 1. The Morgan fingerprint density at radius 3 is 2.23 bits per heavy atom. The highest BCUT2D eigenvalue weighted by molar-refractivity contribution is 5.73. The first-order chi connectivity index (χ1) is 9.94. The Morgan fingerprint density at radius 1 is 1.27 bits per heavy atom. The molecule has 0 aromatic heterocycles. The number of likely N-dealkylation sites (tertiary alicyclic amines) is 1. The maximum atomic E-state index is 12.0. The summed E-state index contributed by atoms with van der Waals surface area (Å²) >= 11 is 0. The number of rotatable bonds is 6. The molecule has 1 atom stereocenters. The SMILES string of the molecule is CC(C)C(C)CNC1(CC(=O)O)CN(C(=O)OC(C)(C)C)C1. The molecule has 1 rings (SSSR count). The molecule has 6 heteroatoms. The Kier molecular flexibility index (Phi) is 5.84. The highest BCUT2D eigenvalue weighted by atomic mass is 16.6. The van der Waals surface area contributed by atoms with Gasteiger partial charge in [0, 0.05) is 13.1 Å². The summed E-state index contributed by atoms with van der Waals surface area (Å²) in [7, 11) is 0. The van der Waals surface area contributed by atoms with Gasteiger partial charge in [-0.3, -0.25) is 4.79 Å². The van der Waals surface area contributed by atoms with Crippen LogP contribution in [0.1, 0.15) is 48.0 Å². The molecule has 2 N–H and O–H groups in total. The van der Waals surface area contributed by atoms with Gasteiger partial charge < -0.3 is 20.1 Å². The van der Waals surface area contributed by atoms with E-state index in [9.17, 15) is 9.59 Å². The van der Waals surface area contributed by atoms with Crippen molar-refractivity contribution >= 4 is 12.1 Å². The maximum Gasteiger partial charge on any atom is 0.410 e. The molecule has 0 aliphatic carbocycles. The van der Waals surface area contributed by atoms with Crippen LogP contribution in [0.5, 0.6) is 0 Å². The molecule has 22 heavy (non-hydrogen) atoms. The van der Waals surface area contributed by atoms with E-state index in [0.29, 0.717) is 24.9 Å². The second kappa shape index (κ2) is 6.86. The minimum absolute atomic E-state index is 0.0110. The summed E-state index contributed by atoms with van der Waals surface area (Å²) in [5.74, 6) is 0.117. The van der Waals surface area contributed by atoms with Gasteiger partial charge in [0.25, 0.3) is 0 Å². The molecule has 0 radical (unpaired) electrons. The van der Waals surface area contributed by atoms with Crippen LogP contribution in [0.15, 0.2) is 0 Å². The lowest BCUT2D eigenvalue weighted by Gasteiger charge is -2.50. The maximum absolute atomic E-state index is 12.0. The minimum atomic E-state index is -0.853. The van der Waals surface area contributed by atoms with Crippen molar-refractivity contribution in [1.29, 1.82) is 0 Å². The fraction of sp³-hybridized carbons (Fsp3) is 0.875. The summed E-state index contributed by atoms with van der Waals surface area (Å²) in [4.78, 5) is 24.7. The lowest BCUT2D eigenvalue weighted by atomic mass is 9.85. The Balaban J connectivity index is 2.59. The molecule has 6 nitrogen and oxygen atoms in total. The van der Waals surface area contributed by atoms with Crippen molar-refractivity contribution in [2.75, 3.05) is 19.6 Å². The molecule has 0 spiro atoms. The van der Waals surface area contributed by atoms with Gasteiger partial charge in [0.2, 0.25) is 0 Å². The van der Waals surface area contributed by atoms with Crippen molar-refractivity contribution in [2.24, 2.45) is 11.8 Å². The van der Waals surface area contributed by atoms with E-state index in [1.807, 2.05) is 20.8 Å². The number of nitrogens with zero attached hydrogens (tertiary/aromatic N) is 1. The zero-order chi connectivity index (χ0) is 17.1. The largest absolute Gasteiger partial charge is 0.481 e. The van der Waals surface area contributed by atoms with E-state index in [1.165, 1.54) is 0 Å². The van der Waals surface area contributed by atoms with Crippen LogP contribution in [0.4, 0.5) is 4.79 Å². The van der Waals surface area contributed by atoms with E-state index in [2.05, 4.69) is 26.1 Å². The molecule has 128 valence electrons. The number of nitrogens with one attached hydrogen (secondary N) is 1. The molecule has 0 saturated carbocycles. The third kappa shape index (κ3) is 5.48. The number of carbonyl (C=O) groups excluding carboxylic acids is 1. The van der Waals surface area contributed by atoms with Crippen molar-refractivity contribution in [3.8, 4) is 0 Å².